The van der Waals surface area contributed by atoms with Gasteiger partial charge in [0.2, 0.25) is 5.89 Å². The van der Waals surface area contributed by atoms with Crippen molar-refractivity contribution in [2.45, 2.75) is 32.0 Å². The van der Waals surface area contributed by atoms with Gasteiger partial charge in [-0.2, -0.15) is 0 Å². The van der Waals surface area contributed by atoms with Gasteiger partial charge in [-0.3, -0.25) is 4.79 Å². The number of benzene rings is 1. The van der Waals surface area contributed by atoms with E-state index in [4.69, 9.17) is 16.0 Å². The third kappa shape index (κ3) is 3.46. The zero-order chi connectivity index (χ0) is 20.0. The zero-order valence-electron chi connectivity index (χ0n) is 15.7. The summed E-state index contributed by atoms with van der Waals surface area (Å²) in [6.45, 7) is 2.25. The molecule has 2 aromatic heterocycles. The molecular weight excluding hydrogens is 408 g/mol. The number of oxazole rings is 1. The maximum Gasteiger partial charge on any atom is 0.251 e. The van der Waals surface area contributed by atoms with Crippen molar-refractivity contribution >= 4 is 28.8 Å². The molecule has 3 aromatic rings. The molecule has 0 bridgehead atoms. The van der Waals surface area contributed by atoms with E-state index in [1.807, 2.05) is 36.3 Å². The summed E-state index contributed by atoms with van der Waals surface area (Å²) in [6, 6.07) is 11.4. The Morgan fingerprint density at radius 3 is 2.86 bits per heavy atom. The van der Waals surface area contributed by atoms with Crippen LogP contribution < -0.4 is 5.43 Å². The van der Waals surface area contributed by atoms with E-state index in [1.54, 1.807) is 34.6 Å². The van der Waals surface area contributed by atoms with Crippen LogP contribution in [0, 0.1) is 6.92 Å². The first-order valence-electron chi connectivity index (χ1n) is 9.37. The Bertz CT molecular complexity index is 1060. The molecule has 2 aliphatic rings. The fourth-order valence-electron chi connectivity index (χ4n) is 3.70. The lowest BCUT2D eigenvalue weighted by atomic mass is 10.1. The van der Waals surface area contributed by atoms with E-state index in [0.717, 1.165) is 17.7 Å². The van der Waals surface area contributed by atoms with E-state index in [-0.39, 0.29) is 18.0 Å². The van der Waals surface area contributed by atoms with E-state index in [1.165, 1.54) is 4.88 Å². The van der Waals surface area contributed by atoms with Crippen molar-refractivity contribution in [1.82, 2.24) is 20.3 Å². The molecule has 1 amide bonds. The molecule has 148 valence electrons. The minimum atomic E-state index is -0.213. The molecule has 1 saturated heterocycles. The van der Waals surface area contributed by atoms with E-state index < -0.39 is 0 Å². The van der Waals surface area contributed by atoms with Crippen LogP contribution >= 0.6 is 22.9 Å². The van der Waals surface area contributed by atoms with Gasteiger partial charge in [0.15, 0.2) is 0 Å². The number of nitrogens with zero attached hydrogens (tertiary/aromatic N) is 3. The molecule has 0 radical (unpaired) electrons. The molecule has 0 aliphatic carbocycles. The molecule has 2 unspecified atom stereocenters. The lowest BCUT2D eigenvalue weighted by Crippen LogP contribution is -2.47. The number of fused-ring (bicyclic) bond motifs is 1. The van der Waals surface area contributed by atoms with Gasteiger partial charge in [0.1, 0.15) is 17.5 Å². The second-order valence-electron chi connectivity index (χ2n) is 7.15. The summed E-state index contributed by atoms with van der Waals surface area (Å²) in [6.07, 6.45) is 4.47. The van der Waals surface area contributed by atoms with Crippen LogP contribution in [0.3, 0.4) is 0 Å². The van der Waals surface area contributed by atoms with Gasteiger partial charge in [-0.1, -0.05) is 17.7 Å². The van der Waals surface area contributed by atoms with Gasteiger partial charge < -0.3 is 14.3 Å². The van der Waals surface area contributed by atoms with Crippen molar-refractivity contribution in [3.8, 4) is 11.5 Å². The summed E-state index contributed by atoms with van der Waals surface area (Å²) < 4.78 is 5.83. The van der Waals surface area contributed by atoms with Crippen LogP contribution in [0.25, 0.3) is 11.5 Å². The highest BCUT2D eigenvalue weighted by Gasteiger charge is 2.40. The van der Waals surface area contributed by atoms with Crippen molar-refractivity contribution in [1.29, 1.82) is 0 Å². The number of hydrogen-bond acceptors (Lipinski definition) is 6. The zero-order valence-corrected chi connectivity index (χ0v) is 17.3. The maximum atomic E-state index is 13.1. The highest BCUT2D eigenvalue weighted by molar-refractivity contribution is 7.10. The van der Waals surface area contributed by atoms with Crippen molar-refractivity contribution < 1.29 is 9.21 Å². The Kier molecular flexibility index (Phi) is 4.66. The second-order valence-corrected chi connectivity index (χ2v) is 8.56. The van der Waals surface area contributed by atoms with Crippen molar-refractivity contribution in [2.75, 3.05) is 0 Å². The van der Waals surface area contributed by atoms with Gasteiger partial charge in [-0.05, 0) is 42.6 Å². The molecule has 6 nitrogen and oxygen atoms in total. The Hall–Kier alpha value is -2.61. The van der Waals surface area contributed by atoms with Crippen LogP contribution in [0.2, 0.25) is 5.02 Å². The van der Waals surface area contributed by atoms with Gasteiger partial charge in [-0.15, -0.1) is 11.3 Å². The first-order valence-corrected chi connectivity index (χ1v) is 10.6. The van der Waals surface area contributed by atoms with Gasteiger partial charge in [-0.25, -0.2) is 10.4 Å². The molecule has 1 N–H and O–H groups in total. The number of carbonyl (C=O) groups excluding carboxylic acids is 1. The second kappa shape index (κ2) is 7.33. The lowest BCUT2D eigenvalue weighted by molar-refractivity contribution is -0.135. The first-order chi connectivity index (χ1) is 14.1. The van der Waals surface area contributed by atoms with E-state index >= 15 is 0 Å². The highest BCUT2D eigenvalue weighted by Crippen LogP contribution is 2.33. The average molecular weight is 427 g/mol. The number of aromatic nitrogens is 1. The van der Waals surface area contributed by atoms with Crippen LogP contribution in [-0.4, -0.2) is 26.8 Å². The third-order valence-corrected chi connectivity index (χ3v) is 6.50. The van der Waals surface area contributed by atoms with Gasteiger partial charge in [0.05, 0.1) is 12.6 Å². The molecule has 1 fully saturated rings. The smallest absolute Gasteiger partial charge is 0.251 e. The van der Waals surface area contributed by atoms with Crippen LogP contribution in [0.15, 0.2) is 58.6 Å². The number of thiophene rings is 1. The summed E-state index contributed by atoms with van der Waals surface area (Å²) in [7, 11) is 0. The number of amides is 1. The van der Waals surface area contributed by atoms with E-state index in [9.17, 15) is 4.79 Å². The van der Waals surface area contributed by atoms with Crippen molar-refractivity contribution in [2.24, 2.45) is 0 Å². The summed E-state index contributed by atoms with van der Waals surface area (Å²) >= 11 is 7.66. The number of aryl methyl sites for hydroxylation is 1. The SMILES string of the molecule is Cc1oc(-c2ccc(Cl)cc2)nc1CN1C=CN2NC(c3cccs3)CC2C1=O. The minimum Gasteiger partial charge on any atom is -0.441 e. The highest BCUT2D eigenvalue weighted by atomic mass is 35.5. The summed E-state index contributed by atoms with van der Waals surface area (Å²) in [4.78, 5) is 20.7. The minimum absolute atomic E-state index is 0.0644. The number of hydrogen-bond donors (Lipinski definition) is 1. The molecule has 0 saturated carbocycles. The monoisotopic (exact) mass is 426 g/mol. The van der Waals surface area contributed by atoms with Gasteiger partial charge in [0, 0.05) is 34.3 Å². The van der Waals surface area contributed by atoms with Crippen LogP contribution in [-0.2, 0) is 11.3 Å². The van der Waals surface area contributed by atoms with E-state index in [0.29, 0.717) is 23.2 Å². The summed E-state index contributed by atoms with van der Waals surface area (Å²) in [5, 5.41) is 4.64. The topological polar surface area (TPSA) is 61.6 Å². The molecule has 4 heterocycles. The Labute approximate surface area is 177 Å². The fourth-order valence-corrected chi connectivity index (χ4v) is 4.61. The predicted octanol–water partition coefficient (Wildman–Crippen LogP) is 4.50. The number of carbonyl (C=O) groups is 1. The van der Waals surface area contributed by atoms with Crippen LogP contribution in [0.4, 0.5) is 0 Å². The Morgan fingerprint density at radius 2 is 2.10 bits per heavy atom. The average Bonchev–Trinajstić information content (AvgIpc) is 3.45. The third-order valence-electron chi connectivity index (χ3n) is 5.27. The number of halogens is 1. The largest absolute Gasteiger partial charge is 0.441 e. The predicted molar refractivity (Wildman–Crippen MR) is 112 cm³/mol. The molecule has 2 aliphatic heterocycles. The molecular formula is C21H19ClN4O2S. The first kappa shape index (κ1) is 18.4. The van der Waals surface area contributed by atoms with E-state index in [2.05, 4.69) is 21.9 Å². The van der Waals surface area contributed by atoms with Crippen molar-refractivity contribution in [3.63, 3.8) is 0 Å². The van der Waals surface area contributed by atoms with Gasteiger partial charge in [0.25, 0.3) is 5.91 Å². The number of rotatable bonds is 4. The Morgan fingerprint density at radius 1 is 1.28 bits per heavy atom. The molecule has 2 atom stereocenters. The lowest BCUT2D eigenvalue weighted by Gasteiger charge is -2.31. The summed E-state index contributed by atoms with van der Waals surface area (Å²) in [5.74, 6) is 1.30. The molecule has 1 aromatic carbocycles. The fraction of sp³-hybridized carbons (Fsp3) is 0.238. The quantitative estimate of drug-likeness (QED) is 0.665. The van der Waals surface area contributed by atoms with Crippen LogP contribution in [0.5, 0.6) is 0 Å². The van der Waals surface area contributed by atoms with Gasteiger partial charge >= 0.3 is 0 Å². The molecule has 29 heavy (non-hydrogen) atoms. The molecule has 5 rings (SSSR count). The van der Waals surface area contributed by atoms with Crippen LogP contribution in [0.1, 0.15) is 28.8 Å². The standard InChI is InChI=1S/C21H19ClN4O2S/c1-13-17(23-20(28-13)14-4-6-15(22)7-5-14)12-25-8-9-26-18(21(25)27)11-16(24-26)19-3-2-10-29-19/h2-10,16,18,24H,11-12H2,1H3. The maximum absolute atomic E-state index is 13.1. The van der Waals surface area contributed by atoms with Crippen molar-refractivity contribution in [3.05, 3.63) is 75.5 Å². The number of hydrazine groups is 1. The molecule has 8 heteroatoms. The molecule has 0 spiro atoms. The number of nitrogens with one attached hydrogen (secondary N) is 1. The summed E-state index contributed by atoms with van der Waals surface area (Å²) in [5.41, 5.74) is 5.02. The normalized spacial score (nSPS) is 21.1. The Balaban J connectivity index is 1.32.